The molecular weight excluding hydrogens is 500 g/mol. The molecule has 0 unspecified atom stereocenters. The summed E-state index contributed by atoms with van der Waals surface area (Å²) in [6, 6.07) is 11.3. The number of ether oxygens (including phenoxy) is 2. The van der Waals surface area contributed by atoms with Crippen LogP contribution in [-0.4, -0.2) is 32.7 Å². The van der Waals surface area contributed by atoms with E-state index in [1.165, 1.54) is 0 Å². The molecule has 4 heterocycles. The van der Waals surface area contributed by atoms with E-state index in [1.54, 1.807) is 30.7 Å². The number of imide groups is 1. The van der Waals surface area contributed by atoms with Gasteiger partial charge < -0.3 is 18.6 Å². The number of imidazole rings is 1. The molecule has 0 aliphatic carbocycles. The van der Waals surface area contributed by atoms with Gasteiger partial charge in [0.25, 0.3) is 11.8 Å². The van der Waals surface area contributed by atoms with Crippen molar-refractivity contribution in [1.29, 1.82) is 0 Å². The second-order valence-electron chi connectivity index (χ2n) is 8.15. The zero-order valence-corrected chi connectivity index (χ0v) is 19.5. The van der Waals surface area contributed by atoms with Gasteiger partial charge in [-0.2, -0.15) is 0 Å². The van der Waals surface area contributed by atoms with Gasteiger partial charge in [0.15, 0.2) is 11.5 Å². The van der Waals surface area contributed by atoms with Crippen LogP contribution < -0.4 is 14.8 Å². The Labute approximate surface area is 202 Å². The summed E-state index contributed by atoms with van der Waals surface area (Å²) in [5.41, 5.74) is 3.02. The standard InChI is InChI=1S/C25H19BrN4O4/c26-16-3-4-19-17(11-16)18(12-30(19)8-1-7-29-9-6-27-13-29)23-22(24(31)28-25(23)32)15-2-5-20-21(10-15)34-14-33-20/h2-6,9-13H,1,7-8,14H2,(H,28,31,32). The number of rotatable bonds is 6. The molecule has 4 aromatic rings. The normalized spacial score (nSPS) is 15.0. The van der Waals surface area contributed by atoms with E-state index in [1.807, 2.05) is 35.2 Å². The number of nitrogens with one attached hydrogen (secondary N) is 1. The molecule has 170 valence electrons. The van der Waals surface area contributed by atoms with Crippen molar-refractivity contribution >= 4 is 49.8 Å². The SMILES string of the molecule is O=C1NC(=O)C(c2cn(CCCn3ccnc3)c3ccc(Br)cc23)=C1c1ccc2c(c1)OCO2. The number of carbonyl (C=O) groups excluding carboxylic acids is 2. The van der Waals surface area contributed by atoms with Crippen molar-refractivity contribution in [2.75, 3.05) is 6.79 Å². The van der Waals surface area contributed by atoms with Crippen molar-refractivity contribution in [1.82, 2.24) is 19.4 Å². The Morgan fingerprint density at radius 3 is 2.71 bits per heavy atom. The van der Waals surface area contributed by atoms with E-state index in [4.69, 9.17) is 9.47 Å². The lowest BCUT2D eigenvalue weighted by atomic mass is 9.95. The summed E-state index contributed by atoms with van der Waals surface area (Å²) < 4.78 is 15.9. The van der Waals surface area contributed by atoms with E-state index in [2.05, 4.69) is 30.8 Å². The zero-order chi connectivity index (χ0) is 23.2. The Kier molecular flexibility index (Phi) is 4.99. The highest BCUT2D eigenvalue weighted by molar-refractivity contribution is 9.10. The van der Waals surface area contributed by atoms with E-state index < -0.39 is 11.8 Å². The lowest BCUT2D eigenvalue weighted by Crippen LogP contribution is -2.22. The summed E-state index contributed by atoms with van der Waals surface area (Å²) in [7, 11) is 0. The molecule has 0 atom stereocenters. The maximum Gasteiger partial charge on any atom is 0.259 e. The monoisotopic (exact) mass is 518 g/mol. The van der Waals surface area contributed by atoms with Crippen LogP contribution >= 0.6 is 15.9 Å². The fourth-order valence-electron chi connectivity index (χ4n) is 4.54. The maximum absolute atomic E-state index is 13.0. The van der Waals surface area contributed by atoms with E-state index in [0.717, 1.165) is 40.4 Å². The largest absolute Gasteiger partial charge is 0.454 e. The predicted octanol–water partition coefficient (Wildman–Crippen LogP) is 3.99. The van der Waals surface area contributed by atoms with Crippen LogP contribution in [0.15, 0.2) is 65.8 Å². The van der Waals surface area contributed by atoms with E-state index >= 15 is 0 Å². The zero-order valence-electron chi connectivity index (χ0n) is 18.0. The number of amides is 2. The second-order valence-corrected chi connectivity index (χ2v) is 9.07. The van der Waals surface area contributed by atoms with Crippen LogP contribution in [0.2, 0.25) is 0 Å². The average molecular weight is 519 g/mol. The maximum atomic E-state index is 13.0. The molecule has 9 heteroatoms. The van der Waals surface area contributed by atoms with E-state index in [9.17, 15) is 9.59 Å². The molecule has 0 spiro atoms. The summed E-state index contributed by atoms with van der Waals surface area (Å²) in [4.78, 5) is 30.0. The lowest BCUT2D eigenvalue weighted by molar-refractivity contribution is -0.122. The fraction of sp³-hybridized carbons (Fsp3) is 0.160. The van der Waals surface area contributed by atoms with Crippen molar-refractivity contribution in [2.45, 2.75) is 19.5 Å². The van der Waals surface area contributed by atoms with Crippen molar-refractivity contribution in [3.63, 3.8) is 0 Å². The summed E-state index contributed by atoms with van der Waals surface area (Å²) in [6.07, 6.45) is 8.35. The Balaban J connectivity index is 1.46. The van der Waals surface area contributed by atoms with Gasteiger partial charge in [0.2, 0.25) is 6.79 Å². The third-order valence-corrected chi connectivity index (χ3v) is 6.57. The van der Waals surface area contributed by atoms with Crippen molar-refractivity contribution in [3.05, 3.63) is 76.9 Å². The molecule has 8 nitrogen and oxygen atoms in total. The van der Waals surface area contributed by atoms with Gasteiger partial charge in [-0.1, -0.05) is 22.0 Å². The van der Waals surface area contributed by atoms with Crippen LogP contribution in [0.1, 0.15) is 17.5 Å². The highest BCUT2D eigenvalue weighted by Crippen LogP contribution is 2.40. The number of aryl methyl sites for hydroxylation is 2. The molecule has 1 N–H and O–H groups in total. The molecule has 0 fully saturated rings. The first-order valence-electron chi connectivity index (χ1n) is 10.8. The highest BCUT2D eigenvalue weighted by atomic mass is 79.9. The molecule has 2 aromatic heterocycles. The molecule has 0 bridgehead atoms. The molecule has 0 saturated heterocycles. The summed E-state index contributed by atoms with van der Waals surface area (Å²) in [5, 5.41) is 3.37. The van der Waals surface area contributed by atoms with Crippen molar-refractivity contribution in [3.8, 4) is 11.5 Å². The average Bonchev–Trinajstić information content (AvgIpc) is 3.60. The van der Waals surface area contributed by atoms with Crippen LogP contribution in [0, 0.1) is 0 Å². The number of hydrogen-bond donors (Lipinski definition) is 1. The van der Waals surface area contributed by atoms with Gasteiger partial charge in [-0.3, -0.25) is 14.9 Å². The van der Waals surface area contributed by atoms with Crippen LogP contribution in [0.25, 0.3) is 22.0 Å². The van der Waals surface area contributed by atoms with Crippen LogP contribution in [0.5, 0.6) is 11.5 Å². The predicted molar refractivity (Wildman–Crippen MR) is 129 cm³/mol. The van der Waals surface area contributed by atoms with Gasteiger partial charge in [-0.25, -0.2) is 4.98 Å². The Bertz CT molecular complexity index is 1490. The van der Waals surface area contributed by atoms with E-state index in [-0.39, 0.29) is 6.79 Å². The minimum atomic E-state index is -0.421. The lowest BCUT2D eigenvalue weighted by Gasteiger charge is -2.06. The first-order valence-corrected chi connectivity index (χ1v) is 11.6. The summed E-state index contributed by atoms with van der Waals surface area (Å²) >= 11 is 3.55. The van der Waals surface area contributed by atoms with Crippen LogP contribution in [-0.2, 0) is 22.7 Å². The smallest absolute Gasteiger partial charge is 0.259 e. The van der Waals surface area contributed by atoms with Gasteiger partial charge in [-0.15, -0.1) is 0 Å². The van der Waals surface area contributed by atoms with Gasteiger partial charge in [0.1, 0.15) is 0 Å². The number of benzene rings is 2. The molecule has 0 saturated carbocycles. The van der Waals surface area contributed by atoms with E-state index in [0.29, 0.717) is 28.2 Å². The minimum Gasteiger partial charge on any atom is -0.454 e. The van der Waals surface area contributed by atoms with Crippen LogP contribution in [0.4, 0.5) is 0 Å². The molecule has 0 radical (unpaired) electrons. The van der Waals surface area contributed by atoms with Crippen molar-refractivity contribution < 1.29 is 19.1 Å². The third-order valence-electron chi connectivity index (χ3n) is 6.08. The molecule has 34 heavy (non-hydrogen) atoms. The number of nitrogens with zero attached hydrogens (tertiary/aromatic N) is 3. The number of carbonyl (C=O) groups is 2. The number of fused-ring (bicyclic) bond motifs is 2. The topological polar surface area (TPSA) is 87.4 Å². The first-order chi connectivity index (χ1) is 16.6. The number of aromatic nitrogens is 3. The molecular formula is C25H19BrN4O4. The highest BCUT2D eigenvalue weighted by Gasteiger charge is 2.34. The van der Waals surface area contributed by atoms with Gasteiger partial charge in [-0.05, 0) is 42.3 Å². The Hall–Kier alpha value is -3.85. The number of hydrogen-bond acceptors (Lipinski definition) is 5. The van der Waals surface area contributed by atoms with Gasteiger partial charge >= 0.3 is 0 Å². The molecule has 2 amide bonds. The van der Waals surface area contributed by atoms with Crippen molar-refractivity contribution in [2.24, 2.45) is 0 Å². The molecule has 2 aliphatic heterocycles. The molecule has 2 aliphatic rings. The quantitative estimate of drug-likeness (QED) is 0.390. The fourth-order valence-corrected chi connectivity index (χ4v) is 4.90. The van der Waals surface area contributed by atoms with Gasteiger partial charge in [0.05, 0.1) is 17.5 Å². The first kappa shape index (κ1) is 20.7. The molecule has 2 aromatic carbocycles. The summed E-state index contributed by atoms with van der Waals surface area (Å²) in [5.74, 6) is 0.347. The Morgan fingerprint density at radius 2 is 1.85 bits per heavy atom. The Morgan fingerprint density at radius 1 is 1.00 bits per heavy atom. The minimum absolute atomic E-state index is 0.135. The molecule has 6 rings (SSSR count). The van der Waals surface area contributed by atoms with Crippen LogP contribution in [0.3, 0.4) is 0 Å². The third kappa shape index (κ3) is 3.49. The second kappa shape index (κ2) is 8.18. The van der Waals surface area contributed by atoms with Gasteiger partial charge in [0, 0.05) is 52.6 Å². The number of halogens is 1. The summed E-state index contributed by atoms with van der Waals surface area (Å²) in [6.45, 7) is 1.71.